The maximum atomic E-state index is 14.6. The number of nitrogens with zero attached hydrogens (tertiary/aromatic N) is 5. The van der Waals surface area contributed by atoms with Crippen LogP contribution in [0.5, 0.6) is 0 Å². The predicted octanol–water partition coefficient (Wildman–Crippen LogP) is 16.1. The third-order valence-corrected chi connectivity index (χ3v) is 12.1. The van der Waals surface area contributed by atoms with Crippen molar-refractivity contribution < 1.29 is 26.3 Å². The molecule has 0 amide bonds. The number of hydrogen-bond donors (Lipinski definition) is 0. The summed E-state index contributed by atoms with van der Waals surface area (Å²) in [5.74, 6) is 1.03. The SMILES string of the molecule is FC(F)(F)c1ccc(-c2ccc3c(c2)c2ccccc2n3-c2ccc(-c3cc(-c4ccccc4)nc(-c4ccccc4)n3)cc2-c2cc(-c3ccccc3)nc(-c3ccccc3)n2)c(C(F)(F)F)c1. The fraction of sp³-hybridized carbons (Fsp3) is 0.0345. The summed E-state index contributed by atoms with van der Waals surface area (Å²) in [7, 11) is 0. The highest BCUT2D eigenvalue weighted by atomic mass is 19.4. The third kappa shape index (κ3) is 8.28. The molecule has 3 aromatic heterocycles. The first-order chi connectivity index (χ1) is 33.5. The Bertz CT molecular complexity index is 3570. The minimum absolute atomic E-state index is 0.116. The van der Waals surface area contributed by atoms with E-state index in [1.165, 1.54) is 6.07 Å². The first-order valence-electron chi connectivity index (χ1n) is 21.9. The van der Waals surface area contributed by atoms with E-state index in [1.807, 2.05) is 180 Å². The first kappa shape index (κ1) is 42.9. The van der Waals surface area contributed by atoms with Crippen molar-refractivity contribution in [3.05, 3.63) is 223 Å². The minimum Gasteiger partial charge on any atom is -0.309 e. The summed E-state index contributed by atoms with van der Waals surface area (Å²) >= 11 is 0. The van der Waals surface area contributed by atoms with E-state index in [1.54, 1.807) is 12.1 Å². The monoisotopic (exact) mass is 915 g/mol. The van der Waals surface area contributed by atoms with Gasteiger partial charge in [0, 0.05) is 44.2 Å². The zero-order valence-corrected chi connectivity index (χ0v) is 36.2. The van der Waals surface area contributed by atoms with Crippen LogP contribution < -0.4 is 0 Å². The summed E-state index contributed by atoms with van der Waals surface area (Å²) in [4.78, 5) is 20.5. The maximum Gasteiger partial charge on any atom is 0.417 e. The lowest BCUT2D eigenvalue weighted by atomic mass is 9.95. The van der Waals surface area contributed by atoms with Crippen molar-refractivity contribution >= 4 is 21.8 Å². The number of alkyl halides is 6. The van der Waals surface area contributed by atoms with Gasteiger partial charge in [0.15, 0.2) is 11.6 Å². The van der Waals surface area contributed by atoms with Crippen LogP contribution in [0, 0.1) is 0 Å². The summed E-state index contributed by atoms with van der Waals surface area (Å²) in [6, 6.07) is 63.2. The number of hydrogen-bond acceptors (Lipinski definition) is 4. The Morgan fingerprint density at radius 1 is 0.319 bits per heavy atom. The normalized spacial score (nSPS) is 11.9. The predicted molar refractivity (Wildman–Crippen MR) is 260 cm³/mol. The van der Waals surface area contributed by atoms with Gasteiger partial charge in [0.25, 0.3) is 0 Å². The molecule has 0 aliphatic heterocycles. The zero-order chi connectivity index (χ0) is 47.3. The molecule has 5 nitrogen and oxygen atoms in total. The lowest BCUT2D eigenvalue weighted by Gasteiger charge is -2.18. The van der Waals surface area contributed by atoms with E-state index in [4.69, 9.17) is 19.9 Å². The molecule has 0 radical (unpaired) electrons. The van der Waals surface area contributed by atoms with Gasteiger partial charge < -0.3 is 4.57 Å². The Morgan fingerprint density at radius 3 is 1.36 bits per heavy atom. The van der Waals surface area contributed by atoms with Gasteiger partial charge in [-0.3, -0.25) is 0 Å². The molecule has 0 fully saturated rings. The molecule has 0 atom stereocenters. The fourth-order valence-corrected chi connectivity index (χ4v) is 8.83. The van der Waals surface area contributed by atoms with E-state index in [2.05, 4.69) is 0 Å². The van der Waals surface area contributed by atoms with E-state index < -0.39 is 23.5 Å². The van der Waals surface area contributed by atoms with E-state index in [0.29, 0.717) is 57.0 Å². The third-order valence-electron chi connectivity index (χ3n) is 12.1. The van der Waals surface area contributed by atoms with Gasteiger partial charge >= 0.3 is 12.4 Å². The average Bonchev–Trinajstić information content (AvgIpc) is 3.72. The molecule has 0 aliphatic rings. The second-order valence-corrected chi connectivity index (χ2v) is 16.5. The molecule has 3 heterocycles. The van der Waals surface area contributed by atoms with E-state index in [-0.39, 0.29) is 17.2 Å². The van der Waals surface area contributed by atoms with Crippen LogP contribution >= 0.6 is 0 Å². The van der Waals surface area contributed by atoms with E-state index in [9.17, 15) is 26.3 Å². The van der Waals surface area contributed by atoms with Crippen molar-refractivity contribution in [2.24, 2.45) is 0 Å². The van der Waals surface area contributed by atoms with Crippen molar-refractivity contribution in [1.29, 1.82) is 0 Å². The standard InChI is InChI=1S/C58H35F6N5/c59-57(60,61)42-27-28-43(47(33-42)58(62,63)64)40-25-29-53-45(31-40)44-23-13-14-24-52(44)69(53)54-30-26-41(50-34-48(36-15-5-1-6-16-36)65-55(67-50)38-19-9-3-10-20-38)32-46(54)51-35-49(37-17-7-2-8-18-37)66-56(68-51)39-21-11-4-12-22-39/h1-35H. The highest BCUT2D eigenvalue weighted by molar-refractivity contribution is 6.11. The van der Waals surface area contributed by atoms with Crippen molar-refractivity contribution in [3.8, 4) is 84.6 Å². The summed E-state index contributed by atoms with van der Waals surface area (Å²) in [5, 5.41) is 1.32. The second-order valence-electron chi connectivity index (χ2n) is 16.5. The van der Waals surface area contributed by atoms with Gasteiger partial charge in [-0.05, 0) is 65.7 Å². The first-order valence-corrected chi connectivity index (χ1v) is 21.9. The van der Waals surface area contributed by atoms with Crippen molar-refractivity contribution in [2.45, 2.75) is 12.4 Å². The molecule has 0 unspecified atom stereocenters. The molecular formula is C58H35F6N5. The van der Waals surface area contributed by atoms with E-state index >= 15 is 0 Å². The Hall–Kier alpha value is -8.70. The number of para-hydroxylation sites is 1. The molecule has 11 aromatic rings. The topological polar surface area (TPSA) is 56.5 Å². The lowest BCUT2D eigenvalue weighted by molar-refractivity contribution is -0.142. The van der Waals surface area contributed by atoms with Crippen LogP contribution in [0.1, 0.15) is 11.1 Å². The van der Waals surface area contributed by atoms with Crippen molar-refractivity contribution in [1.82, 2.24) is 24.5 Å². The van der Waals surface area contributed by atoms with Gasteiger partial charge in [0.1, 0.15) is 0 Å². The number of benzene rings is 8. The highest BCUT2D eigenvalue weighted by Gasteiger charge is 2.38. The molecule has 0 spiro atoms. The van der Waals surface area contributed by atoms with Gasteiger partial charge in [-0.25, -0.2) is 19.9 Å². The Labute approximate surface area is 391 Å². The van der Waals surface area contributed by atoms with Crippen molar-refractivity contribution in [3.63, 3.8) is 0 Å². The molecule has 69 heavy (non-hydrogen) atoms. The van der Waals surface area contributed by atoms with Crippen LogP contribution in [0.3, 0.4) is 0 Å². The van der Waals surface area contributed by atoms with Crippen LogP contribution in [0.4, 0.5) is 26.3 Å². The smallest absolute Gasteiger partial charge is 0.309 e. The molecule has 334 valence electrons. The quantitative estimate of drug-likeness (QED) is 0.143. The Balaban J connectivity index is 1.18. The molecular weight excluding hydrogens is 881 g/mol. The maximum absolute atomic E-state index is 14.6. The van der Waals surface area contributed by atoms with Crippen LogP contribution in [0.25, 0.3) is 106 Å². The summed E-state index contributed by atoms with van der Waals surface area (Å²) in [6.07, 6.45) is -10.0. The van der Waals surface area contributed by atoms with Gasteiger partial charge in [0.2, 0.25) is 0 Å². The molecule has 11 rings (SSSR count). The molecule has 8 aromatic carbocycles. The van der Waals surface area contributed by atoms with Gasteiger partial charge in [-0.15, -0.1) is 0 Å². The van der Waals surface area contributed by atoms with Crippen LogP contribution in [-0.2, 0) is 12.4 Å². The molecule has 11 heteroatoms. The minimum atomic E-state index is -5.06. The summed E-state index contributed by atoms with van der Waals surface area (Å²) in [6.45, 7) is 0. The van der Waals surface area contributed by atoms with Crippen LogP contribution in [0.15, 0.2) is 212 Å². The largest absolute Gasteiger partial charge is 0.417 e. The molecule has 0 bridgehead atoms. The molecule has 0 aliphatic carbocycles. The summed E-state index contributed by atoms with van der Waals surface area (Å²) in [5.41, 5.74) is 6.61. The highest BCUT2D eigenvalue weighted by Crippen LogP contribution is 2.44. The van der Waals surface area contributed by atoms with E-state index in [0.717, 1.165) is 50.5 Å². The molecule has 0 saturated heterocycles. The van der Waals surface area contributed by atoms with Crippen molar-refractivity contribution in [2.75, 3.05) is 0 Å². The van der Waals surface area contributed by atoms with Crippen LogP contribution in [-0.4, -0.2) is 24.5 Å². The Kier molecular flexibility index (Phi) is 10.7. The number of halogens is 6. The number of aromatic nitrogens is 5. The Morgan fingerprint density at radius 2 is 0.797 bits per heavy atom. The molecule has 0 saturated carbocycles. The van der Waals surface area contributed by atoms with Gasteiger partial charge in [0.05, 0.1) is 50.6 Å². The van der Waals surface area contributed by atoms with Gasteiger partial charge in [-0.1, -0.05) is 158 Å². The summed E-state index contributed by atoms with van der Waals surface area (Å²) < 4.78 is 86.9. The molecule has 0 N–H and O–H groups in total. The van der Waals surface area contributed by atoms with Gasteiger partial charge in [-0.2, -0.15) is 26.3 Å². The number of rotatable bonds is 8. The number of fused-ring (bicyclic) bond motifs is 3. The lowest BCUT2D eigenvalue weighted by Crippen LogP contribution is -2.12. The average molecular weight is 916 g/mol. The zero-order valence-electron chi connectivity index (χ0n) is 36.2. The second kappa shape index (κ2) is 17.2. The van der Waals surface area contributed by atoms with Crippen LogP contribution in [0.2, 0.25) is 0 Å². The fourth-order valence-electron chi connectivity index (χ4n) is 8.83.